The van der Waals surface area contributed by atoms with E-state index in [9.17, 15) is 18.0 Å². The van der Waals surface area contributed by atoms with Crippen LogP contribution in [-0.4, -0.2) is 39.8 Å². The van der Waals surface area contributed by atoms with Crippen LogP contribution >= 0.6 is 0 Å². The van der Waals surface area contributed by atoms with Gasteiger partial charge in [-0.1, -0.05) is 18.2 Å². The van der Waals surface area contributed by atoms with Gasteiger partial charge in [0.1, 0.15) is 12.4 Å². The highest BCUT2D eigenvalue weighted by Gasteiger charge is 2.33. The van der Waals surface area contributed by atoms with E-state index in [0.717, 1.165) is 17.3 Å². The van der Waals surface area contributed by atoms with Gasteiger partial charge in [0.05, 0.1) is 35.5 Å². The molecular weight excluding hydrogens is 459 g/mol. The Labute approximate surface area is 199 Å². The number of nitrogens with zero attached hydrogens (tertiary/aromatic N) is 4. The number of amides is 1. The summed E-state index contributed by atoms with van der Waals surface area (Å²) in [7, 11) is 0. The molecule has 0 fully saturated rings. The summed E-state index contributed by atoms with van der Waals surface area (Å²) in [6.45, 7) is 1.86. The molecule has 3 heterocycles. The highest BCUT2D eigenvalue weighted by molar-refractivity contribution is 5.92. The topological polar surface area (TPSA) is 83.2 Å². The quantitative estimate of drug-likeness (QED) is 0.617. The first-order valence-corrected chi connectivity index (χ1v) is 11.2. The van der Waals surface area contributed by atoms with Crippen molar-refractivity contribution in [3.05, 3.63) is 82.2 Å². The average molecular weight is 481 g/mol. The third kappa shape index (κ3) is 4.86. The third-order valence-corrected chi connectivity index (χ3v) is 6.26. The van der Waals surface area contributed by atoms with Gasteiger partial charge in [-0.25, -0.2) is 0 Å². The molecule has 1 aromatic heterocycles. The van der Waals surface area contributed by atoms with Crippen molar-refractivity contribution in [1.82, 2.24) is 20.0 Å². The van der Waals surface area contributed by atoms with Gasteiger partial charge in [-0.15, -0.1) is 0 Å². The van der Waals surface area contributed by atoms with Gasteiger partial charge in [0.2, 0.25) is 0 Å². The van der Waals surface area contributed by atoms with E-state index in [-0.39, 0.29) is 29.8 Å². The lowest BCUT2D eigenvalue weighted by atomic mass is 10.0. The van der Waals surface area contributed by atoms with Crippen LogP contribution in [0.2, 0.25) is 0 Å². The molecule has 1 atom stereocenters. The summed E-state index contributed by atoms with van der Waals surface area (Å²) in [5.74, 6) is 0.369. The maximum Gasteiger partial charge on any atom is 0.416 e. The van der Waals surface area contributed by atoms with Crippen molar-refractivity contribution in [2.24, 2.45) is 0 Å². The minimum atomic E-state index is -4.40. The molecule has 0 saturated heterocycles. The van der Waals surface area contributed by atoms with Crippen molar-refractivity contribution < 1.29 is 22.7 Å². The molecule has 0 spiro atoms. The number of hydrogen-bond acceptors (Lipinski definition) is 5. The zero-order valence-corrected chi connectivity index (χ0v) is 18.7. The molecule has 0 radical (unpaired) electrons. The molecule has 180 valence electrons. The van der Waals surface area contributed by atoms with Crippen molar-refractivity contribution in [3.63, 3.8) is 0 Å². The number of hydrogen-bond donors (Lipinski definition) is 1. The number of aromatic nitrogens is 2. The van der Waals surface area contributed by atoms with E-state index >= 15 is 0 Å². The summed E-state index contributed by atoms with van der Waals surface area (Å²) in [4.78, 5) is 14.8. The minimum Gasteiger partial charge on any atom is -0.491 e. The van der Waals surface area contributed by atoms with E-state index in [1.54, 1.807) is 35.0 Å². The largest absolute Gasteiger partial charge is 0.491 e. The van der Waals surface area contributed by atoms with Crippen LogP contribution in [0, 0.1) is 11.3 Å². The number of ether oxygens (including phenoxy) is 1. The fourth-order valence-electron chi connectivity index (χ4n) is 4.56. The second kappa shape index (κ2) is 9.07. The number of carbonyl (C=O) groups excluding carboxylic acids is 1. The molecule has 0 aliphatic carbocycles. The van der Waals surface area contributed by atoms with Crippen molar-refractivity contribution >= 4 is 5.91 Å². The number of fused-ring (bicyclic) bond motifs is 2. The predicted molar refractivity (Wildman–Crippen MR) is 119 cm³/mol. The lowest BCUT2D eigenvalue weighted by Crippen LogP contribution is -2.42. The first-order valence-electron chi connectivity index (χ1n) is 11.2. The molecule has 2 aromatic carbocycles. The van der Waals surface area contributed by atoms with Gasteiger partial charge >= 0.3 is 6.18 Å². The number of halogens is 3. The van der Waals surface area contributed by atoms with Gasteiger partial charge in [0, 0.05) is 19.6 Å². The highest BCUT2D eigenvalue weighted by Crippen LogP contribution is 2.33. The number of benzene rings is 2. The van der Waals surface area contributed by atoms with Crippen LogP contribution in [0.3, 0.4) is 0 Å². The van der Waals surface area contributed by atoms with Gasteiger partial charge in [-0.05, 0) is 47.9 Å². The molecule has 35 heavy (non-hydrogen) atoms. The Morgan fingerprint density at radius 1 is 1.20 bits per heavy atom. The number of nitriles is 1. The monoisotopic (exact) mass is 481 g/mol. The summed E-state index contributed by atoms with van der Waals surface area (Å²) in [6, 6.07) is 14.3. The van der Waals surface area contributed by atoms with Crippen molar-refractivity contribution in [2.45, 2.75) is 38.3 Å². The molecular formula is C25H22F3N5O2. The SMILES string of the molecule is N#Cc1ccc2c(c1)C[C@@H](NC(=O)c1cc3n(n1)CCN(Cc1ccccc1C(F)(F)F)C3)CO2. The molecule has 0 unspecified atom stereocenters. The summed E-state index contributed by atoms with van der Waals surface area (Å²) < 4.78 is 47.5. The summed E-state index contributed by atoms with van der Waals surface area (Å²) >= 11 is 0. The number of nitrogens with one attached hydrogen (secondary N) is 1. The van der Waals surface area contributed by atoms with Crippen molar-refractivity contribution in [3.8, 4) is 11.8 Å². The highest BCUT2D eigenvalue weighted by atomic mass is 19.4. The first kappa shape index (κ1) is 22.9. The Kier molecular flexibility index (Phi) is 5.94. The summed E-state index contributed by atoms with van der Waals surface area (Å²) in [6.07, 6.45) is -3.87. The smallest absolute Gasteiger partial charge is 0.416 e. The molecule has 7 nitrogen and oxygen atoms in total. The van der Waals surface area contributed by atoms with E-state index < -0.39 is 11.7 Å². The van der Waals surface area contributed by atoms with Gasteiger partial charge in [-0.2, -0.15) is 23.5 Å². The number of alkyl halides is 3. The Morgan fingerprint density at radius 2 is 2.03 bits per heavy atom. The minimum absolute atomic E-state index is 0.159. The molecule has 5 rings (SSSR count). The maximum absolute atomic E-state index is 13.3. The molecule has 2 aliphatic rings. The van der Waals surface area contributed by atoms with Crippen molar-refractivity contribution in [1.29, 1.82) is 5.26 Å². The Balaban J connectivity index is 1.24. The lowest BCUT2D eigenvalue weighted by Gasteiger charge is -2.28. The Morgan fingerprint density at radius 3 is 2.83 bits per heavy atom. The first-order chi connectivity index (χ1) is 16.8. The van der Waals surface area contributed by atoms with Gasteiger partial charge in [-0.3, -0.25) is 14.4 Å². The zero-order chi connectivity index (χ0) is 24.6. The van der Waals surface area contributed by atoms with Crippen LogP contribution in [0.5, 0.6) is 5.75 Å². The van der Waals surface area contributed by atoms with Crippen LogP contribution in [0.4, 0.5) is 13.2 Å². The molecule has 1 amide bonds. The maximum atomic E-state index is 13.3. The number of carbonyl (C=O) groups is 1. The second-order valence-corrected chi connectivity index (χ2v) is 8.73. The third-order valence-electron chi connectivity index (χ3n) is 6.26. The second-order valence-electron chi connectivity index (χ2n) is 8.73. The lowest BCUT2D eigenvalue weighted by molar-refractivity contribution is -0.138. The fourth-order valence-corrected chi connectivity index (χ4v) is 4.56. The Hall–Kier alpha value is -3.84. The van der Waals surface area contributed by atoms with Gasteiger partial charge < -0.3 is 10.1 Å². The standard InChI is InChI=1S/C25H22F3N5O2/c26-25(27,28)21-4-2-1-3-17(21)13-32-7-8-33-20(14-32)11-22(31-33)24(34)30-19-10-18-9-16(12-29)5-6-23(18)35-15-19/h1-6,9,11,19H,7-8,10,13-15H2,(H,30,34)/t19-/m1/s1. The van der Waals surface area contributed by atoms with Crippen LogP contribution < -0.4 is 10.1 Å². The summed E-state index contributed by atoms with van der Waals surface area (Å²) in [5.41, 5.74) is 2.02. The fraction of sp³-hybridized carbons (Fsp3) is 0.320. The average Bonchev–Trinajstić information content (AvgIpc) is 3.27. The van der Waals surface area contributed by atoms with E-state index in [2.05, 4.69) is 16.5 Å². The van der Waals surface area contributed by atoms with Crippen LogP contribution in [0.1, 0.15) is 38.4 Å². The normalized spacial score (nSPS) is 17.6. The Bertz CT molecular complexity index is 1310. The molecule has 0 bridgehead atoms. The van der Waals surface area contributed by atoms with E-state index in [4.69, 9.17) is 10.00 Å². The van der Waals surface area contributed by atoms with E-state index in [1.165, 1.54) is 12.1 Å². The van der Waals surface area contributed by atoms with Crippen LogP contribution in [0.15, 0.2) is 48.5 Å². The zero-order valence-electron chi connectivity index (χ0n) is 18.7. The molecule has 0 saturated carbocycles. The summed E-state index contributed by atoms with van der Waals surface area (Å²) in [5, 5.41) is 16.4. The van der Waals surface area contributed by atoms with E-state index in [1.807, 2.05) is 4.90 Å². The van der Waals surface area contributed by atoms with Crippen molar-refractivity contribution in [2.75, 3.05) is 13.2 Å². The molecule has 1 N–H and O–H groups in total. The van der Waals surface area contributed by atoms with E-state index in [0.29, 0.717) is 44.0 Å². The molecule has 2 aliphatic heterocycles. The van der Waals surface area contributed by atoms with Crippen LogP contribution in [-0.2, 0) is 32.2 Å². The van der Waals surface area contributed by atoms with Gasteiger partial charge in [0.15, 0.2) is 5.69 Å². The predicted octanol–water partition coefficient (Wildman–Crippen LogP) is 3.52. The molecule has 10 heteroatoms. The van der Waals surface area contributed by atoms with Gasteiger partial charge in [0.25, 0.3) is 5.91 Å². The number of rotatable bonds is 4. The van der Waals surface area contributed by atoms with Crippen LogP contribution in [0.25, 0.3) is 0 Å². The molecule has 3 aromatic rings.